The molecule has 1 amide bonds. The van der Waals surface area contributed by atoms with Gasteiger partial charge in [-0.05, 0) is 49.2 Å². The van der Waals surface area contributed by atoms with Crippen molar-refractivity contribution in [2.45, 2.75) is 20.4 Å². The summed E-state index contributed by atoms with van der Waals surface area (Å²) in [6.07, 6.45) is 0. The Morgan fingerprint density at radius 1 is 1.12 bits per heavy atom. The Kier molecular flexibility index (Phi) is 5.19. The van der Waals surface area contributed by atoms with Crippen LogP contribution in [0.3, 0.4) is 0 Å². The van der Waals surface area contributed by atoms with Crippen molar-refractivity contribution in [1.29, 1.82) is 0 Å². The molecule has 0 bridgehead atoms. The van der Waals surface area contributed by atoms with Crippen molar-refractivity contribution in [3.63, 3.8) is 0 Å². The van der Waals surface area contributed by atoms with Crippen molar-refractivity contribution < 1.29 is 9.90 Å². The van der Waals surface area contributed by atoms with Gasteiger partial charge in [-0.3, -0.25) is 9.59 Å². The second-order valence-corrected chi connectivity index (χ2v) is 6.48. The van der Waals surface area contributed by atoms with Crippen LogP contribution in [0.2, 0.25) is 0 Å². The first-order chi connectivity index (χ1) is 12.5. The minimum absolute atomic E-state index is 0.146. The number of benzene rings is 2. The van der Waals surface area contributed by atoms with Gasteiger partial charge in [0.15, 0.2) is 0 Å². The number of amides is 1. The Hall–Kier alpha value is -2.92. The normalized spacial score (nSPS) is 10.9. The van der Waals surface area contributed by atoms with Gasteiger partial charge in [0.25, 0.3) is 11.5 Å². The van der Waals surface area contributed by atoms with E-state index in [1.165, 1.54) is 4.90 Å². The standard InChI is InChI=1S/C21H22N2O3/c1-14-10-15(2)18-12-17(20(25)22-19(18)11-14)13-23(8-9-24)21(26)16-6-4-3-5-7-16/h3-7,10-12,24H,8-9,13H2,1-2H3,(H,22,25). The van der Waals surface area contributed by atoms with Crippen molar-refractivity contribution in [3.05, 3.63) is 81.1 Å². The Balaban J connectivity index is 1.98. The molecule has 3 aromatic rings. The Labute approximate surface area is 151 Å². The molecular weight excluding hydrogens is 328 g/mol. The summed E-state index contributed by atoms with van der Waals surface area (Å²) in [6.45, 7) is 4.13. The van der Waals surface area contributed by atoms with Gasteiger partial charge in [0.05, 0.1) is 13.2 Å². The average Bonchev–Trinajstić information content (AvgIpc) is 2.62. The number of carbonyl (C=O) groups excluding carboxylic acids is 1. The first kappa shape index (κ1) is 17.9. The van der Waals surface area contributed by atoms with Gasteiger partial charge in [-0.15, -0.1) is 0 Å². The summed E-state index contributed by atoms with van der Waals surface area (Å²) in [5.74, 6) is -0.209. The van der Waals surface area contributed by atoms with Crippen LogP contribution >= 0.6 is 0 Å². The summed E-state index contributed by atoms with van der Waals surface area (Å²) in [5, 5.41) is 10.3. The van der Waals surface area contributed by atoms with Gasteiger partial charge in [0, 0.05) is 28.6 Å². The van der Waals surface area contributed by atoms with Gasteiger partial charge in [0.1, 0.15) is 0 Å². The number of H-pyrrole nitrogens is 1. The van der Waals surface area contributed by atoms with Crippen LogP contribution in [0.25, 0.3) is 10.9 Å². The highest BCUT2D eigenvalue weighted by Gasteiger charge is 2.17. The largest absolute Gasteiger partial charge is 0.395 e. The van der Waals surface area contributed by atoms with Crippen LogP contribution in [-0.4, -0.2) is 34.0 Å². The van der Waals surface area contributed by atoms with E-state index < -0.39 is 0 Å². The molecule has 134 valence electrons. The minimum atomic E-state index is -0.216. The predicted octanol–water partition coefficient (Wildman–Crippen LogP) is 2.78. The molecule has 5 heteroatoms. The second kappa shape index (κ2) is 7.54. The molecule has 1 heterocycles. The molecule has 3 rings (SSSR count). The van der Waals surface area contributed by atoms with Gasteiger partial charge in [0.2, 0.25) is 0 Å². The average molecular weight is 350 g/mol. The first-order valence-corrected chi connectivity index (χ1v) is 8.58. The fraction of sp³-hybridized carbons (Fsp3) is 0.238. The number of nitrogens with one attached hydrogen (secondary N) is 1. The lowest BCUT2D eigenvalue weighted by atomic mass is 10.0. The summed E-state index contributed by atoms with van der Waals surface area (Å²) in [7, 11) is 0. The quantitative estimate of drug-likeness (QED) is 0.743. The molecule has 0 aliphatic heterocycles. The molecule has 0 spiro atoms. The first-order valence-electron chi connectivity index (χ1n) is 8.58. The van der Waals surface area contributed by atoms with E-state index in [1.54, 1.807) is 24.3 Å². The molecule has 0 aliphatic carbocycles. The highest BCUT2D eigenvalue weighted by molar-refractivity contribution is 5.94. The van der Waals surface area contributed by atoms with Crippen molar-refractivity contribution in [1.82, 2.24) is 9.88 Å². The van der Waals surface area contributed by atoms with Gasteiger partial charge in [-0.1, -0.05) is 24.3 Å². The SMILES string of the molecule is Cc1cc(C)c2cc(CN(CCO)C(=O)c3ccccc3)c(=O)[nH]c2c1. The predicted molar refractivity (Wildman–Crippen MR) is 102 cm³/mol. The van der Waals surface area contributed by atoms with Crippen molar-refractivity contribution >= 4 is 16.8 Å². The molecule has 2 N–H and O–H groups in total. The zero-order valence-corrected chi connectivity index (χ0v) is 15.0. The fourth-order valence-electron chi connectivity index (χ4n) is 3.18. The molecule has 0 aliphatic rings. The van der Waals surface area contributed by atoms with Gasteiger partial charge in [-0.2, -0.15) is 0 Å². The molecule has 0 fully saturated rings. The van der Waals surface area contributed by atoms with E-state index in [4.69, 9.17) is 0 Å². The Morgan fingerprint density at radius 3 is 2.54 bits per heavy atom. The van der Waals surface area contributed by atoms with E-state index in [1.807, 2.05) is 32.0 Å². The number of fused-ring (bicyclic) bond motifs is 1. The number of aryl methyl sites for hydroxylation is 2. The second-order valence-electron chi connectivity index (χ2n) is 6.48. The maximum Gasteiger partial charge on any atom is 0.254 e. The number of hydrogen-bond donors (Lipinski definition) is 2. The third kappa shape index (κ3) is 3.68. The molecule has 0 saturated carbocycles. The summed E-state index contributed by atoms with van der Waals surface area (Å²) in [6, 6.07) is 14.7. The lowest BCUT2D eigenvalue weighted by molar-refractivity contribution is 0.0707. The van der Waals surface area contributed by atoms with Gasteiger partial charge >= 0.3 is 0 Å². The van der Waals surface area contributed by atoms with Crippen LogP contribution in [0.15, 0.2) is 53.3 Å². The van der Waals surface area contributed by atoms with Gasteiger partial charge < -0.3 is 15.0 Å². The number of pyridine rings is 1. The number of rotatable bonds is 5. The Morgan fingerprint density at radius 2 is 1.85 bits per heavy atom. The van der Waals surface area contributed by atoms with Gasteiger partial charge in [-0.25, -0.2) is 0 Å². The smallest absolute Gasteiger partial charge is 0.254 e. The van der Waals surface area contributed by atoms with E-state index in [0.717, 1.165) is 22.0 Å². The third-order valence-electron chi connectivity index (χ3n) is 4.43. The Bertz CT molecular complexity index is 993. The number of nitrogens with zero attached hydrogens (tertiary/aromatic N) is 1. The van der Waals surface area contributed by atoms with E-state index in [2.05, 4.69) is 11.1 Å². The molecule has 0 saturated heterocycles. The molecule has 0 atom stereocenters. The molecule has 2 aromatic carbocycles. The maximum absolute atomic E-state index is 12.7. The number of hydrogen-bond acceptors (Lipinski definition) is 3. The van der Waals surface area contributed by atoms with Crippen LogP contribution in [0.5, 0.6) is 0 Å². The lowest BCUT2D eigenvalue weighted by Crippen LogP contribution is -2.35. The van der Waals surface area contributed by atoms with Crippen LogP contribution in [0.4, 0.5) is 0 Å². The van der Waals surface area contributed by atoms with Crippen molar-refractivity contribution in [2.75, 3.05) is 13.2 Å². The third-order valence-corrected chi connectivity index (χ3v) is 4.43. The number of aromatic nitrogens is 1. The van der Waals surface area contributed by atoms with E-state index in [9.17, 15) is 14.7 Å². The molecular formula is C21H22N2O3. The molecule has 26 heavy (non-hydrogen) atoms. The zero-order valence-electron chi connectivity index (χ0n) is 15.0. The summed E-state index contributed by atoms with van der Waals surface area (Å²) in [4.78, 5) is 29.6. The fourth-order valence-corrected chi connectivity index (χ4v) is 3.18. The summed E-state index contributed by atoms with van der Waals surface area (Å²) >= 11 is 0. The molecule has 5 nitrogen and oxygen atoms in total. The highest BCUT2D eigenvalue weighted by atomic mass is 16.3. The lowest BCUT2D eigenvalue weighted by Gasteiger charge is -2.22. The number of aliphatic hydroxyl groups is 1. The number of aliphatic hydroxyl groups excluding tert-OH is 1. The van der Waals surface area contributed by atoms with Crippen LogP contribution in [-0.2, 0) is 6.54 Å². The van der Waals surface area contributed by atoms with Crippen molar-refractivity contribution in [3.8, 4) is 0 Å². The number of carbonyl (C=O) groups is 1. The van der Waals surface area contributed by atoms with Crippen LogP contribution in [0.1, 0.15) is 27.0 Å². The number of aromatic amines is 1. The monoisotopic (exact) mass is 350 g/mol. The maximum atomic E-state index is 12.7. The van der Waals surface area contributed by atoms with E-state index in [0.29, 0.717) is 11.1 Å². The molecule has 0 unspecified atom stereocenters. The molecule has 0 radical (unpaired) electrons. The summed E-state index contributed by atoms with van der Waals surface area (Å²) < 4.78 is 0. The molecule has 1 aromatic heterocycles. The minimum Gasteiger partial charge on any atom is -0.395 e. The van der Waals surface area contributed by atoms with E-state index >= 15 is 0 Å². The van der Waals surface area contributed by atoms with E-state index in [-0.39, 0.29) is 31.2 Å². The highest BCUT2D eigenvalue weighted by Crippen LogP contribution is 2.19. The zero-order chi connectivity index (χ0) is 18.7. The summed E-state index contributed by atoms with van der Waals surface area (Å²) in [5.41, 5.74) is 3.76. The van der Waals surface area contributed by atoms with Crippen LogP contribution < -0.4 is 5.56 Å². The van der Waals surface area contributed by atoms with Crippen LogP contribution in [0, 0.1) is 13.8 Å². The topological polar surface area (TPSA) is 73.4 Å². The van der Waals surface area contributed by atoms with Crippen molar-refractivity contribution in [2.24, 2.45) is 0 Å².